The number of amides is 2. The van der Waals surface area contributed by atoms with E-state index in [1.54, 1.807) is 35.2 Å². The summed E-state index contributed by atoms with van der Waals surface area (Å²) in [5.41, 5.74) is 1.82. The maximum absolute atomic E-state index is 12.4. The van der Waals surface area contributed by atoms with E-state index >= 15 is 0 Å². The monoisotopic (exact) mass is 450 g/mol. The Kier molecular flexibility index (Phi) is 6.66. The highest BCUT2D eigenvalue weighted by molar-refractivity contribution is 7.80. The van der Waals surface area contributed by atoms with Crippen LogP contribution in [0, 0.1) is 0 Å². The largest absolute Gasteiger partial charge is 0.465 e. The van der Waals surface area contributed by atoms with Crippen LogP contribution in [-0.4, -0.2) is 48.0 Å². The lowest BCUT2D eigenvalue weighted by molar-refractivity contribution is -0.115. The maximum Gasteiger partial charge on any atom is 0.289 e. The van der Waals surface area contributed by atoms with E-state index < -0.39 is 0 Å². The first-order valence-corrected chi connectivity index (χ1v) is 10.5. The number of hydrogen-bond donors (Lipinski definition) is 2. The van der Waals surface area contributed by atoms with Gasteiger partial charge in [0.15, 0.2) is 10.9 Å². The molecule has 1 fully saturated rings. The standard InChI is InChI=1S/C23H22N4O4S/c28-21(10-9-19-3-1-15-30-19)25-23(32)24-17-5-7-18(8-6-17)26-11-13-27(14-12-26)22(29)20-4-2-16-31-20/h1-10,15-16H,11-14H2,(H2,24,25,28,32). The van der Waals surface area contributed by atoms with Crippen molar-refractivity contribution in [2.45, 2.75) is 0 Å². The minimum Gasteiger partial charge on any atom is -0.465 e. The normalized spacial score (nSPS) is 13.9. The number of nitrogens with zero attached hydrogens (tertiary/aromatic N) is 2. The van der Waals surface area contributed by atoms with Gasteiger partial charge in [-0.2, -0.15) is 0 Å². The predicted molar refractivity (Wildman–Crippen MR) is 125 cm³/mol. The lowest BCUT2D eigenvalue weighted by atomic mass is 10.2. The molecule has 0 atom stereocenters. The third-order valence-electron chi connectivity index (χ3n) is 4.97. The van der Waals surface area contributed by atoms with Crippen LogP contribution >= 0.6 is 12.2 Å². The molecule has 0 radical (unpaired) electrons. The zero-order valence-electron chi connectivity index (χ0n) is 17.2. The van der Waals surface area contributed by atoms with E-state index in [4.69, 9.17) is 21.1 Å². The minimum absolute atomic E-state index is 0.0798. The molecule has 0 unspecified atom stereocenters. The molecule has 8 nitrogen and oxygen atoms in total. The van der Waals surface area contributed by atoms with Crippen molar-refractivity contribution in [3.05, 3.63) is 78.7 Å². The van der Waals surface area contributed by atoms with Gasteiger partial charge in [-0.3, -0.25) is 14.9 Å². The molecule has 0 saturated carbocycles. The molecule has 32 heavy (non-hydrogen) atoms. The molecule has 164 valence electrons. The Bertz CT molecular complexity index is 1080. The van der Waals surface area contributed by atoms with Crippen molar-refractivity contribution in [3.63, 3.8) is 0 Å². The molecule has 3 aromatic rings. The van der Waals surface area contributed by atoms with Gasteiger partial charge < -0.3 is 24.0 Å². The number of anilines is 2. The fourth-order valence-electron chi connectivity index (χ4n) is 3.34. The van der Waals surface area contributed by atoms with Crippen molar-refractivity contribution >= 4 is 46.6 Å². The predicted octanol–water partition coefficient (Wildman–Crippen LogP) is 3.36. The summed E-state index contributed by atoms with van der Waals surface area (Å²) in [7, 11) is 0. The topological polar surface area (TPSA) is 91.0 Å². The van der Waals surface area contributed by atoms with Crippen LogP contribution in [0.5, 0.6) is 0 Å². The van der Waals surface area contributed by atoms with Crippen LogP contribution in [0.25, 0.3) is 6.08 Å². The molecule has 3 heterocycles. The number of nitrogens with one attached hydrogen (secondary N) is 2. The van der Waals surface area contributed by atoms with Crippen LogP contribution in [0.15, 0.2) is 76.0 Å². The second-order valence-corrected chi connectivity index (χ2v) is 7.50. The summed E-state index contributed by atoms with van der Waals surface area (Å²) in [5, 5.41) is 5.79. The summed E-state index contributed by atoms with van der Waals surface area (Å²) >= 11 is 5.20. The van der Waals surface area contributed by atoms with E-state index in [1.807, 2.05) is 24.3 Å². The van der Waals surface area contributed by atoms with E-state index in [0.29, 0.717) is 24.6 Å². The molecule has 4 rings (SSSR count). The van der Waals surface area contributed by atoms with Crippen molar-refractivity contribution in [3.8, 4) is 0 Å². The van der Waals surface area contributed by atoms with Gasteiger partial charge in [-0.05, 0) is 66.8 Å². The number of furan rings is 2. The first kappa shape index (κ1) is 21.4. The van der Waals surface area contributed by atoms with Crippen molar-refractivity contribution in [1.82, 2.24) is 10.2 Å². The van der Waals surface area contributed by atoms with E-state index in [-0.39, 0.29) is 16.9 Å². The molecular formula is C23H22N4O4S. The van der Waals surface area contributed by atoms with E-state index in [9.17, 15) is 9.59 Å². The van der Waals surface area contributed by atoms with Gasteiger partial charge >= 0.3 is 0 Å². The lowest BCUT2D eigenvalue weighted by Crippen LogP contribution is -2.48. The summed E-state index contributed by atoms with van der Waals surface area (Å²) in [6.45, 7) is 2.72. The van der Waals surface area contributed by atoms with Crippen LogP contribution in [0.1, 0.15) is 16.3 Å². The Morgan fingerprint density at radius 3 is 2.31 bits per heavy atom. The fraction of sp³-hybridized carbons (Fsp3) is 0.174. The van der Waals surface area contributed by atoms with Gasteiger partial charge in [0.05, 0.1) is 12.5 Å². The average Bonchev–Trinajstić information content (AvgIpc) is 3.52. The molecule has 0 bridgehead atoms. The van der Waals surface area contributed by atoms with Gasteiger partial charge in [-0.25, -0.2) is 0 Å². The maximum atomic E-state index is 12.4. The Balaban J connectivity index is 1.25. The number of thiocarbonyl (C=S) groups is 1. The first-order chi connectivity index (χ1) is 15.6. The van der Waals surface area contributed by atoms with Gasteiger partial charge in [-0.15, -0.1) is 0 Å². The summed E-state index contributed by atoms with van der Waals surface area (Å²) in [4.78, 5) is 28.3. The van der Waals surface area contributed by atoms with Gasteiger partial charge in [-0.1, -0.05) is 0 Å². The van der Waals surface area contributed by atoms with Gasteiger partial charge in [0.1, 0.15) is 5.76 Å². The van der Waals surface area contributed by atoms with Crippen LogP contribution in [0.4, 0.5) is 11.4 Å². The second kappa shape index (κ2) is 9.97. The van der Waals surface area contributed by atoms with Crippen molar-refractivity contribution in [2.24, 2.45) is 0 Å². The summed E-state index contributed by atoms with van der Waals surface area (Å²) in [6.07, 6.45) is 5.96. The number of piperazine rings is 1. The van der Waals surface area contributed by atoms with Gasteiger partial charge in [0.2, 0.25) is 5.91 Å². The highest BCUT2D eigenvalue weighted by Crippen LogP contribution is 2.20. The van der Waals surface area contributed by atoms with Crippen LogP contribution in [-0.2, 0) is 4.79 Å². The van der Waals surface area contributed by atoms with E-state index in [1.165, 1.54) is 18.6 Å². The lowest BCUT2D eigenvalue weighted by Gasteiger charge is -2.35. The molecule has 1 aliphatic heterocycles. The number of carbonyl (C=O) groups excluding carboxylic acids is 2. The average molecular weight is 451 g/mol. The summed E-state index contributed by atoms with van der Waals surface area (Å²) in [6, 6.07) is 14.6. The molecular weight excluding hydrogens is 428 g/mol. The van der Waals surface area contributed by atoms with Crippen LogP contribution < -0.4 is 15.5 Å². The Hall–Kier alpha value is -3.85. The SMILES string of the molecule is O=C(C=Cc1ccco1)NC(=S)Nc1ccc(N2CCN(C(=O)c3ccco3)CC2)cc1. The van der Waals surface area contributed by atoms with E-state index in [0.717, 1.165) is 24.5 Å². The van der Waals surface area contributed by atoms with E-state index in [2.05, 4.69) is 15.5 Å². The highest BCUT2D eigenvalue weighted by atomic mass is 32.1. The Morgan fingerprint density at radius 1 is 0.938 bits per heavy atom. The first-order valence-electron chi connectivity index (χ1n) is 10.1. The third-order valence-corrected chi connectivity index (χ3v) is 5.17. The zero-order valence-corrected chi connectivity index (χ0v) is 18.0. The summed E-state index contributed by atoms with van der Waals surface area (Å²) in [5.74, 6) is 0.524. The molecule has 2 amide bonds. The molecule has 9 heteroatoms. The molecule has 2 N–H and O–H groups in total. The van der Waals surface area contributed by atoms with Gasteiger partial charge in [0, 0.05) is 43.6 Å². The van der Waals surface area contributed by atoms with Gasteiger partial charge in [0.25, 0.3) is 5.91 Å². The number of rotatable bonds is 5. The molecule has 0 aliphatic carbocycles. The van der Waals surface area contributed by atoms with Crippen molar-refractivity contribution in [1.29, 1.82) is 0 Å². The second-order valence-electron chi connectivity index (χ2n) is 7.10. The van der Waals surface area contributed by atoms with Crippen LogP contribution in [0.2, 0.25) is 0 Å². The number of benzene rings is 1. The third kappa shape index (κ3) is 5.44. The summed E-state index contributed by atoms with van der Waals surface area (Å²) < 4.78 is 10.3. The number of hydrogen-bond acceptors (Lipinski definition) is 6. The zero-order chi connectivity index (χ0) is 22.3. The molecule has 1 saturated heterocycles. The molecule has 0 spiro atoms. The molecule has 2 aromatic heterocycles. The quantitative estimate of drug-likeness (QED) is 0.455. The fourth-order valence-corrected chi connectivity index (χ4v) is 3.56. The smallest absolute Gasteiger partial charge is 0.289 e. The Morgan fingerprint density at radius 2 is 1.66 bits per heavy atom. The molecule has 1 aliphatic rings. The van der Waals surface area contributed by atoms with Crippen LogP contribution in [0.3, 0.4) is 0 Å². The number of carbonyl (C=O) groups is 2. The minimum atomic E-state index is -0.350. The van der Waals surface area contributed by atoms with Crippen molar-refractivity contribution < 1.29 is 18.4 Å². The Labute approximate surface area is 190 Å². The molecule has 1 aromatic carbocycles. The highest BCUT2D eigenvalue weighted by Gasteiger charge is 2.23. The van der Waals surface area contributed by atoms with Crippen molar-refractivity contribution in [2.75, 3.05) is 36.4 Å².